The Hall–Kier alpha value is -4.22. The molecule has 1 fully saturated rings. The number of amides is 1. The van der Waals surface area contributed by atoms with Crippen LogP contribution in [0, 0.1) is 5.82 Å². The van der Waals surface area contributed by atoms with E-state index in [4.69, 9.17) is 16.2 Å². The number of nitrogens with one attached hydrogen (secondary N) is 1. The van der Waals surface area contributed by atoms with E-state index in [-0.39, 0.29) is 16.4 Å². The second-order valence-electron chi connectivity index (χ2n) is 9.56. The summed E-state index contributed by atoms with van der Waals surface area (Å²) >= 11 is -2.28. The van der Waals surface area contributed by atoms with Gasteiger partial charge >= 0.3 is 0 Å². The fraction of sp³-hybridized carbons (Fsp3) is 0.241. The van der Waals surface area contributed by atoms with Gasteiger partial charge in [0.1, 0.15) is 23.4 Å². The van der Waals surface area contributed by atoms with Crippen molar-refractivity contribution in [1.82, 2.24) is 9.88 Å². The third kappa shape index (κ3) is 5.43. The van der Waals surface area contributed by atoms with Crippen LogP contribution in [-0.4, -0.2) is 37.7 Å². The maximum atomic E-state index is 15.4. The molecule has 1 saturated heterocycles. The van der Waals surface area contributed by atoms with Gasteiger partial charge in [0.05, 0.1) is 17.5 Å². The monoisotopic (exact) mass is 563 g/mol. The second kappa shape index (κ2) is 11.5. The summed E-state index contributed by atoms with van der Waals surface area (Å²) in [5.74, 6) is -0.143. The molecule has 3 atom stereocenters. The van der Waals surface area contributed by atoms with Gasteiger partial charge in [0.15, 0.2) is 11.1 Å². The summed E-state index contributed by atoms with van der Waals surface area (Å²) in [6, 6.07) is 14.5. The molecule has 0 radical (unpaired) electrons. The van der Waals surface area contributed by atoms with Crippen molar-refractivity contribution in [3.8, 4) is 5.75 Å². The SMILES string of the molecule is CCOc1ccc(F)c([C@H](Nc2ccc3c(N)nccc3c2)C(=O)N2CCC[C@@H]2c2cc(N)ccc2S(=O)O)c1. The Morgan fingerprint density at radius 3 is 2.80 bits per heavy atom. The first kappa shape index (κ1) is 27.4. The number of aromatic nitrogens is 1. The maximum Gasteiger partial charge on any atom is 0.250 e. The molecule has 0 spiro atoms. The molecule has 0 bridgehead atoms. The molecule has 1 unspecified atom stereocenters. The van der Waals surface area contributed by atoms with E-state index in [2.05, 4.69) is 10.3 Å². The van der Waals surface area contributed by atoms with Crippen molar-refractivity contribution in [2.24, 2.45) is 0 Å². The minimum absolute atomic E-state index is 0.120. The number of hydrogen-bond acceptors (Lipinski definition) is 7. The summed E-state index contributed by atoms with van der Waals surface area (Å²) in [6.07, 6.45) is 2.83. The van der Waals surface area contributed by atoms with Gasteiger partial charge in [-0.3, -0.25) is 4.79 Å². The molecule has 5 rings (SSSR count). The van der Waals surface area contributed by atoms with Crippen molar-refractivity contribution in [2.45, 2.75) is 36.7 Å². The highest BCUT2D eigenvalue weighted by atomic mass is 32.2. The fourth-order valence-electron chi connectivity index (χ4n) is 5.24. The topological polar surface area (TPSA) is 144 Å². The first-order chi connectivity index (χ1) is 19.3. The van der Waals surface area contributed by atoms with Crippen LogP contribution >= 0.6 is 0 Å². The van der Waals surface area contributed by atoms with Crippen molar-refractivity contribution in [3.05, 3.63) is 83.8 Å². The smallest absolute Gasteiger partial charge is 0.250 e. The number of ether oxygens (including phenoxy) is 1. The number of rotatable bonds is 8. The highest BCUT2D eigenvalue weighted by molar-refractivity contribution is 7.79. The predicted octanol–water partition coefficient (Wildman–Crippen LogP) is 5.03. The molecule has 1 aromatic heterocycles. The number of halogens is 1. The quantitative estimate of drug-likeness (QED) is 0.173. The highest BCUT2D eigenvalue weighted by Gasteiger charge is 2.37. The third-order valence-corrected chi connectivity index (χ3v) is 7.81. The summed E-state index contributed by atoms with van der Waals surface area (Å²) in [5, 5.41) is 4.79. The Morgan fingerprint density at radius 1 is 1.20 bits per heavy atom. The summed E-state index contributed by atoms with van der Waals surface area (Å²) in [7, 11) is 0. The zero-order valence-corrected chi connectivity index (χ0v) is 22.7. The zero-order chi connectivity index (χ0) is 28.4. The molecule has 4 aromatic rings. The lowest BCUT2D eigenvalue weighted by Gasteiger charge is -2.31. The molecule has 1 aliphatic rings. The van der Waals surface area contributed by atoms with Crippen LogP contribution in [0.15, 0.2) is 71.8 Å². The second-order valence-corrected chi connectivity index (χ2v) is 10.5. The Kier molecular flexibility index (Phi) is 7.85. The molecule has 2 heterocycles. The first-order valence-electron chi connectivity index (χ1n) is 12.9. The molecule has 0 saturated carbocycles. The van der Waals surface area contributed by atoms with Crippen LogP contribution in [-0.2, 0) is 15.9 Å². The molecule has 3 aromatic carbocycles. The third-order valence-electron chi connectivity index (χ3n) is 7.06. The number of pyridine rings is 1. The van der Waals surface area contributed by atoms with Crippen LogP contribution in [0.4, 0.5) is 21.6 Å². The number of nitrogen functional groups attached to an aromatic ring is 2. The Bertz CT molecular complexity index is 1600. The van der Waals surface area contributed by atoms with Crippen molar-refractivity contribution in [3.63, 3.8) is 0 Å². The van der Waals surface area contributed by atoms with E-state index >= 15 is 4.39 Å². The minimum Gasteiger partial charge on any atom is -0.494 e. The van der Waals surface area contributed by atoms with Gasteiger partial charge in [0.2, 0.25) is 5.91 Å². The molecule has 1 amide bonds. The van der Waals surface area contributed by atoms with Crippen LogP contribution in [0.3, 0.4) is 0 Å². The van der Waals surface area contributed by atoms with Gasteiger partial charge in [-0.1, -0.05) is 0 Å². The Labute approximate surface area is 233 Å². The van der Waals surface area contributed by atoms with E-state index in [0.29, 0.717) is 54.5 Å². The molecular formula is C29H30FN5O4S. The van der Waals surface area contributed by atoms with E-state index in [9.17, 15) is 13.6 Å². The lowest BCUT2D eigenvalue weighted by atomic mass is 10.00. The van der Waals surface area contributed by atoms with Gasteiger partial charge in [-0.15, -0.1) is 0 Å². The number of nitrogens with two attached hydrogens (primary N) is 2. The van der Waals surface area contributed by atoms with Crippen LogP contribution in [0.2, 0.25) is 0 Å². The molecule has 1 aliphatic heterocycles. The van der Waals surface area contributed by atoms with Crippen LogP contribution in [0.25, 0.3) is 10.8 Å². The highest BCUT2D eigenvalue weighted by Crippen LogP contribution is 2.39. The average molecular weight is 564 g/mol. The molecule has 9 nitrogen and oxygen atoms in total. The minimum atomic E-state index is -2.28. The Morgan fingerprint density at radius 2 is 2.02 bits per heavy atom. The molecule has 0 aliphatic carbocycles. The Balaban J connectivity index is 1.57. The van der Waals surface area contributed by atoms with Crippen molar-refractivity contribution in [1.29, 1.82) is 0 Å². The fourth-order valence-corrected chi connectivity index (χ4v) is 5.82. The molecule has 11 heteroatoms. The lowest BCUT2D eigenvalue weighted by molar-refractivity contribution is -0.133. The van der Waals surface area contributed by atoms with E-state index < -0.39 is 29.0 Å². The van der Waals surface area contributed by atoms with Crippen molar-refractivity contribution >= 4 is 45.0 Å². The molecule has 40 heavy (non-hydrogen) atoms. The van der Waals surface area contributed by atoms with Crippen molar-refractivity contribution in [2.75, 3.05) is 29.9 Å². The number of carbonyl (C=O) groups excluding carboxylic acids is 1. The lowest BCUT2D eigenvalue weighted by Crippen LogP contribution is -2.38. The van der Waals surface area contributed by atoms with Crippen LogP contribution in [0.5, 0.6) is 5.75 Å². The summed E-state index contributed by atoms with van der Waals surface area (Å²) in [4.78, 5) is 20.2. The largest absolute Gasteiger partial charge is 0.494 e. The van der Waals surface area contributed by atoms with Gasteiger partial charge in [0.25, 0.3) is 0 Å². The van der Waals surface area contributed by atoms with Crippen molar-refractivity contribution < 1.29 is 22.7 Å². The van der Waals surface area contributed by atoms with E-state index in [1.807, 2.05) is 13.0 Å². The van der Waals surface area contributed by atoms with Gasteiger partial charge in [-0.25, -0.2) is 13.6 Å². The van der Waals surface area contributed by atoms with E-state index in [1.165, 1.54) is 24.3 Å². The summed E-state index contributed by atoms with van der Waals surface area (Å²) in [6.45, 7) is 2.59. The number of likely N-dealkylation sites (tertiary alicyclic amines) is 1. The normalized spacial score (nSPS) is 16.6. The number of carbonyl (C=O) groups is 1. The number of hydrogen-bond donors (Lipinski definition) is 4. The van der Waals surface area contributed by atoms with Crippen LogP contribution in [0.1, 0.15) is 43.0 Å². The van der Waals surface area contributed by atoms with Gasteiger partial charge in [0, 0.05) is 35.1 Å². The number of benzene rings is 3. The number of anilines is 3. The first-order valence-corrected chi connectivity index (χ1v) is 14.0. The summed E-state index contributed by atoms with van der Waals surface area (Å²) in [5.41, 5.74) is 13.6. The summed E-state index contributed by atoms with van der Waals surface area (Å²) < 4.78 is 43.0. The van der Waals surface area contributed by atoms with E-state index in [1.54, 1.807) is 41.4 Å². The van der Waals surface area contributed by atoms with Gasteiger partial charge in [-0.2, -0.15) is 0 Å². The molecule has 208 valence electrons. The standard InChI is InChI=1S/C29H30FN5O4S/c1-2-39-20-7-9-24(30)22(16-20)27(34-19-6-8-21-17(14-19)11-12-33-28(21)32)29(36)35-13-3-4-25(35)23-15-18(31)5-10-26(23)40(37)38/h5-12,14-16,25,27,34H,2-4,13,31H2,1H3,(H2,32,33)(H,37,38)/t25-,27+/m1/s1. The molecule has 6 N–H and O–H groups in total. The number of fused-ring (bicyclic) bond motifs is 1. The predicted molar refractivity (Wildman–Crippen MR) is 154 cm³/mol. The zero-order valence-electron chi connectivity index (χ0n) is 21.8. The van der Waals surface area contributed by atoms with Crippen LogP contribution < -0.4 is 21.5 Å². The average Bonchev–Trinajstić information content (AvgIpc) is 3.42. The maximum absolute atomic E-state index is 15.4. The van der Waals surface area contributed by atoms with Gasteiger partial charge < -0.3 is 31.0 Å². The molecular weight excluding hydrogens is 533 g/mol. The van der Waals surface area contributed by atoms with E-state index in [0.717, 1.165) is 10.8 Å². The number of nitrogens with zero attached hydrogens (tertiary/aromatic N) is 2. The van der Waals surface area contributed by atoms with Gasteiger partial charge in [-0.05, 0) is 91.4 Å².